The van der Waals surface area contributed by atoms with Crippen LogP contribution >= 0.6 is 0 Å². The van der Waals surface area contributed by atoms with Crippen LogP contribution in [0.2, 0.25) is 0 Å². The molecule has 0 aliphatic carbocycles. The molecule has 316 valence electrons. The Kier molecular flexibility index (Phi) is 12.0. The summed E-state index contributed by atoms with van der Waals surface area (Å²) in [6, 6.07) is 23.1. The van der Waals surface area contributed by atoms with E-state index >= 15 is 0 Å². The number of phenols is 1. The summed E-state index contributed by atoms with van der Waals surface area (Å²) in [4.78, 5) is 46.4. The molecule has 4 fully saturated rings. The number of imide groups is 1. The summed E-state index contributed by atoms with van der Waals surface area (Å²) in [5.74, 6) is 0.699. The van der Waals surface area contributed by atoms with Crippen molar-refractivity contribution in [2.75, 3.05) is 64.4 Å². The molecule has 2 atom stereocenters. The number of para-hydroxylation sites is 1. The second-order valence-corrected chi connectivity index (χ2v) is 16.7. The number of hydrogen-bond donors (Lipinski definition) is 5. The van der Waals surface area contributed by atoms with Crippen molar-refractivity contribution in [3.8, 4) is 5.75 Å². The Morgan fingerprint density at radius 2 is 1.62 bits per heavy atom. The molecular weight excluding hydrogens is 759 g/mol. The number of likely N-dealkylation sites (tertiary alicyclic amines) is 3. The lowest BCUT2D eigenvalue weighted by molar-refractivity contribution is -0.120. The topological polar surface area (TPSA) is 189 Å². The molecule has 0 bridgehead atoms. The molecule has 1 aromatic heterocycles. The van der Waals surface area contributed by atoms with E-state index in [0.29, 0.717) is 60.5 Å². The zero-order valence-corrected chi connectivity index (χ0v) is 34.3. The van der Waals surface area contributed by atoms with Gasteiger partial charge in [-0.3, -0.25) is 19.8 Å². The van der Waals surface area contributed by atoms with E-state index in [0.717, 1.165) is 87.0 Å². The Bertz CT molecular complexity index is 2270. The summed E-state index contributed by atoms with van der Waals surface area (Å²) in [7, 11) is 1.70. The van der Waals surface area contributed by atoms with Crippen LogP contribution < -0.4 is 27.4 Å². The molecule has 60 heavy (non-hydrogen) atoms. The van der Waals surface area contributed by atoms with E-state index in [2.05, 4.69) is 50.1 Å². The number of nitrogens with zero attached hydrogens (tertiary/aromatic N) is 5. The van der Waals surface area contributed by atoms with Crippen LogP contribution in [0.3, 0.4) is 0 Å². The monoisotopic (exact) mass is 815 g/mol. The number of ether oxygens (including phenoxy) is 1. The van der Waals surface area contributed by atoms with Gasteiger partial charge >= 0.3 is 6.03 Å². The highest BCUT2D eigenvalue weighted by atomic mass is 16.5. The van der Waals surface area contributed by atoms with Crippen molar-refractivity contribution in [1.29, 1.82) is 0 Å². The first-order chi connectivity index (χ1) is 29.1. The molecule has 0 radical (unpaired) electrons. The maximum atomic E-state index is 13.7. The largest absolute Gasteiger partial charge is 0.507 e. The minimum Gasteiger partial charge on any atom is -0.507 e. The number of methoxy groups -OCH3 is 1. The summed E-state index contributed by atoms with van der Waals surface area (Å²) < 4.78 is 8.21. The number of amides is 4. The molecule has 0 spiro atoms. The number of aromatic hydroxyl groups is 1. The molecule has 5 heterocycles. The summed E-state index contributed by atoms with van der Waals surface area (Å²) in [5, 5.41) is 13.8. The van der Waals surface area contributed by atoms with Crippen molar-refractivity contribution >= 4 is 40.1 Å². The van der Waals surface area contributed by atoms with E-state index in [1.54, 1.807) is 36.3 Å². The summed E-state index contributed by atoms with van der Waals surface area (Å²) in [5.41, 5.74) is 24.0. The first-order valence-corrected chi connectivity index (χ1v) is 21.2. The molecule has 0 saturated carbocycles. The Balaban J connectivity index is 0.829. The Hall–Kier alpha value is -5.99. The first kappa shape index (κ1) is 40.8. The number of aromatic nitrogens is 1. The lowest BCUT2D eigenvalue weighted by atomic mass is 9.88. The van der Waals surface area contributed by atoms with Gasteiger partial charge in [-0.1, -0.05) is 30.3 Å². The molecule has 4 aliphatic rings. The van der Waals surface area contributed by atoms with Crippen molar-refractivity contribution in [3.63, 3.8) is 0 Å². The highest BCUT2D eigenvalue weighted by Crippen LogP contribution is 2.35. The van der Waals surface area contributed by atoms with E-state index < -0.39 is 0 Å². The molecule has 4 saturated heterocycles. The van der Waals surface area contributed by atoms with Crippen molar-refractivity contribution < 1.29 is 24.2 Å². The third kappa shape index (κ3) is 8.66. The standard InChI is InChI=1S/C46H57N9O5/c1-60-35-25-33(28-53(29-35)41(44(48)49)26-38(47)36-5-2-3-8-42(36)56)31-9-11-32(12-10-31)45(58)52-21-13-30(14-22-52)27-51-19-15-34(16-20-51)54-23-17-37-39(54)6-4-7-40(37)55-24-18-43(57)50-46(55)59/h2-12,17,23,26,30,33-35,56H,13-16,18-22,24-25,27-29,47-49H2,1H3,(H,50,57,59)/b38-26-. The summed E-state index contributed by atoms with van der Waals surface area (Å²) in [6.45, 7) is 6.20. The number of piperidine rings is 3. The van der Waals surface area contributed by atoms with Gasteiger partial charge < -0.3 is 46.3 Å². The number of rotatable bonds is 10. The maximum Gasteiger partial charge on any atom is 0.328 e. The van der Waals surface area contributed by atoms with Crippen LogP contribution in [0.5, 0.6) is 5.75 Å². The quantitative estimate of drug-likeness (QED) is 0.138. The van der Waals surface area contributed by atoms with Gasteiger partial charge in [-0.15, -0.1) is 0 Å². The van der Waals surface area contributed by atoms with Gasteiger partial charge in [-0.05, 0) is 92.1 Å². The summed E-state index contributed by atoms with van der Waals surface area (Å²) in [6.07, 6.45) is 8.96. The fraction of sp³-hybridized carbons (Fsp3) is 0.413. The zero-order chi connectivity index (χ0) is 41.9. The molecule has 3 aromatic carbocycles. The predicted octanol–water partition coefficient (Wildman–Crippen LogP) is 4.87. The molecule has 14 heteroatoms. The van der Waals surface area contributed by atoms with Crippen LogP contribution in [-0.2, 0) is 9.53 Å². The van der Waals surface area contributed by atoms with Crippen molar-refractivity contribution in [2.45, 2.75) is 56.6 Å². The third-order valence-corrected chi connectivity index (χ3v) is 13.0. The number of nitrogens with one attached hydrogen (secondary N) is 1. The van der Waals surface area contributed by atoms with Crippen LogP contribution in [0.25, 0.3) is 16.6 Å². The van der Waals surface area contributed by atoms with Gasteiger partial charge in [0.05, 0.1) is 23.0 Å². The van der Waals surface area contributed by atoms with Crippen LogP contribution in [0.1, 0.15) is 72.0 Å². The van der Waals surface area contributed by atoms with Crippen molar-refractivity contribution in [2.24, 2.45) is 23.1 Å². The van der Waals surface area contributed by atoms with Gasteiger partial charge in [-0.2, -0.15) is 0 Å². The van der Waals surface area contributed by atoms with Crippen LogP contribution in [0.4, 0.5) is 10.5 Å². The molecule has 4 amide bonds. The van der Waals surface area contributed by atoms with Crippen molar-refractivity contribution in [3.05, 3.63) is 113 Å². The van der Waals surface area contributed by atoms with Gasteiger partial charge in [0.1, 0.15) is 11.6 Å². The Morgan fingerprint density at radius 1 is 0.867 bits per heavy atom. The van der Waals surface area contributed by atoms with Crippen LogP contribution in [-0.4, -0.2) is 108 Å². The number of benzene rings is 3. The van der Waals surface area contributed by atoms with Gasteiger partial charge in [0.2, 0.25) is 5.91 Å². The number of fused-ring (bicyclic) bond motifs is 1. The molecule has 4 aromatic rings. The van der Waals surface area contributed by atoms with Gasteiger partial charge in [0.25, 0.3) is 5.91 Å². The molecular formula is C46H57N9O5. The maximum absolute atomic E-state index is 13.7. The Morgan fingerprint density at radius 3 is 2.32 bits per heavy atom. The fourth-order valence-electron chi connectivity index (χ4n) is 9.63. The average Bonchev–Trinajstić information content (AvgIpc) is 3.70. The number of carbonyl (C=O) groups excluding carboxylic acids is 3. The molecule has 14 nitrogen and oxygen atoms in total. The number of carbonyl (C=O) groups is 3. The average molecular weight is 816 g/mol. The number of hydrogen-bond acceptors (Lipinski definition) is 10. The minimum atomic E-state index is -0.361. The lowest BCUT2D eigenvalue weighted by Crippen LogP contribution is -2.49. The lowest BCUT2D eigenvalue weighted by Gasteiger charge is -2.39. The first-order valence-electron chi connectivity index (χ1n) is 21.2. The smallest absolute Gasteiger partial charge is 0.328 e. The van der Waals surface area contributed by atoms with Gasteiger partial charge in [0, 0.05) is 106 Å². The highest BCUT2D eigenvalue weighted by Gasteiger charge is 2.32. The predicted molar refractivity (Wildman–Crippen MR) is 233 cm³/mol. The second kappa shape index (κ2) is 17.7. The van der Waals surface area contributed by atoms with Gasteiger partial charge in [0.15, 0.2) is 0 Å². The second-order valence-electron chi connectivity index (χ2n) is 16.7. The Labute approximate surface area is 351 Å². The number of anilines is 1. The number of urea groups is 1. The normalized spacial score (nSPS) is 21.4. The molecule has 8 N–H and O–H groups in total. The van der Waals surface area contributed by atoms with E-state index in [9.17, 15) is 19.5 Å². The zero-order valence-electron chi connectivity index (χ0n) is 34.3. The molecule has 8 rings (SSSR count). The van der Waals surface area contributed by atoms with E-state index in [-0.39, 0.29) is 41.4 Å². The minimum absolute atomic E-state index is 0.0725. The third-order valence-electron chi connectivity index (χ3n) is 13.0. The van der Waals surface area contributed by atoms with E-state index in [1.165, 1.54) is 0 Å². The fourth-order valence-corrected chi connectivity index (χ4v) is 9.63. The summed E-state index contributed by atoms with van der Waals surface area (Å²) >= 11 is 0. The van der Waals surface area contributed by atoms with Gasteiger partial charge in [-0.25, -0.2) is 4.79 Å². The van der Waals surface area contributed by atoms with Crippen LogP contribution in [0.15, 0.2) is 96.6 Å². The van der Waals surface area contributed by atoms with E-state index in [4.69, 9.17) is 21.9 Å². The van der Waals surface area contributed by atoms with Crippen LogP contribution in [0, 0.1) is 5.92 Å². The van der Waals surface area contributed by atoms with Crippen molar-refractivity contribution in [1.82, 2.24) is 24.6 Å². The number of phenolic OH excluding ortho intramolecular Hbond substituents is 1. The SMILES string of the molecule is COC1CC(c2ccc(C(=O)N3CCC(CN4CCC(n5ccc6c(N7CCC(=O)NC7=O)cccc65)CC4)CC3)cc2)CN(C(/C=C(\N)c2ccccc2O)=C(N)N)C1. The molecule has 2 unspecified atom stereocenters. The highest BCUT2D eigenvalue weighted by molar-refractivity contribution is 6.09. The number of allylic oxidation sites excluding steroid dienone is 1. The molecule has 4 aliphatic heterocycles. The number of nitrogens with two attached hydrogens (primary N) is 3. The van der Waals surface area contributed by atoms with E-state index in [1.807, 2.05) is 35.2 Å².